The van der Waals surface area contributed by atoms with Gasteiger partial charge in [0.1, 0.15) is 0 Å². The first kappa shape index (κ1) is 12.5. The first-order valence-corrected chi connectivity index (χ1v) is 5.34. The molecule has 0 aliphatic rings. The third kappa shape index (κ3) is 3.22. The van der Waals surface area contributed by atoms with E-state index in [0.29, 0.717) is 0 Å². The van der Waals surface area contributed by atoms with Crippen LogP contribution in [-0.4, -0.2) is 22.1 Å². The minimum atomic E-state index is -0.537. The standard InChI is InChI=1S/C11H9BrN2O2/c1-7(15)11(14-13)10(16)6-8-2-4-9(12)5-3-8/h2-5H,6H2,1H3. The van der Waals surface area contributed by atoms with Crippen molar-refractivity contribution in [3.63, 3.8) is 0 Å². The molecule has 0 bridgehead atoms. The number of carbonyl (C=O) groups is 2. The first-order chi connectivity index (χ1) is 7.54. The van der Waals surface area contributed by atoms with Crippen molar-refractivity contribution in [3.05, 3.63) is 39.8 Å². The van der Waals surface area contributed by atoms with Crippen molar-refractivity contribution in [1.29, 1.82) is 0 Å². The number of halogens is 1. The molecule has 0 amide bonds. The predicted molar refractivity (Wildman–Crippen MR) is 62.2 cm³/mol. The first-order valence-electron chi connectivity index (χ1n) is 4.55. The van der Waals surface area contributed by atoms with E-state index in [-0.39, 0.29) is 6.42 Å². The number of hydrogen-bond donors (Lipinski definition) is 0. The van der Waals surface area contributed by atoms with E-state index in [1.165, 1.54) is 6.92 Å². The Morgan fingerprint density at radius 2 is 1.88 bits per heavy atom. The summed E-state index contributed by atoms with van der Waals surface area (Å²) in [6.45, 7) is 1.19. The summed E-state index contributed by atoms with van der Waals surface area (Å²) < 4.78 is 0.909. The van der Waals surface area contributed by atoms with Gasteiger partial charge in [0.2, 0.25) is 5.78 Å². The van der Waals surface area contributed by atoms with Crippen molar-refractivity contribution in [3.8, 4) is 0 Å². The number of ketones is 2. The fraction of sp³-hybridized carbons (Fsp3) is 0.182. The summed E-state index contributed by atoms with van der Waals surface area (Å²) in [6.07, 6.45) is 0.0479. The molecule has 4 nitrogen and oxygen atoms in total. The van der Waals surface area contributed by atoms with E-state index < -0.39 is 17.3 Å². The number of Topliss-reactive ketones (excluding diaryl/α,β-unsaturated/α-hetero) is 2. The van der Waals surface area contributed by atoms with E-state index in [4.69, 9.17) is 5.53 Å². The van der Waals surface area contributed by atoms with Crippen LogP contribution in [0.5, 0.6) is 0 Å². The monoisotopic (exact) mass is 280 g/mol. The third-order valence-electron chi connectivity index (χ3n) is 1.98. The predicted octanol–water partition coefficient (Wildman–Crippen LogP) is 1.82. The fourth-order valence-electron chi connectivity index (χ4n) is 1.19. The van der Waals surface area contributed by atoms with Crippen LogP contribution in [0.3, 0.4) is 0 Å². The van der Waals surface area contributed by atoms with Gasteiger partial charge in [-0.3, -0.25) is 9.59 Å². The lowest BCUT2D eigenvalue weighted by Crippen LogP contribution is -2.24. The molecule has 1 aromatic carbocycles. The summed E-state index contributed by atoms with van der Waals surface area (Å²) in [7, 11) is 0. The molecule has 1 rings (SSSR count). The van der Waals surface area contributed by atoms with Crippen LogP contribution in [0.25, 0.3) is 5.53 Å². The topological polar surface area (TPSA) is 70.5 Å². The fourth-order valence-corrected chi connectivity index (χ4v) is 1.46. The van der Waals surface area contributed by atoms with Gasteiger partial charge in [-0.2, -0.15) is 4.79 Å². The van der Waals surface area contributed by atoms with Crippen LogP contribution in [0.1, 0.15) is 12.5 Å². The number of nitrogens with zero attached hydrogens (tertiary/aromatic N) is 2. The Kier molecular flexibility index (Phi) is 4.28. The van der Waals surface area contributed by atoms with Crippen molar-refractivity contribution in [2.45, 2.75) is 13.3 Å². The zero-order valence-electron chi connectivity index (χ0n) is 8.61. The summed E-state index contributed by atoms with van der Waals surface area (Å²) in [6, 6.07) is 7.12. The van der Waals surface area contributed by atoms with Gasteiger partial charge in [0.25, 0.3) is 5.78 Å². The molecule has 0 N–H and O–H groups in total. The minimum Gasteiger partial charge on any atom is -0.360 e. The molecular formula is C11H9BrN2O2. The zero-order valence-corrected chi connectivity index (χ0v) is 10.2. The van der Waals surface area contributed by atoms with E-state index in [0.717, 1.165) is 10.0 Å². The molecule has 1 aromatic rings. The maximum atomic E-state index is 11.5. The van der Waals surface area contributed by atoms with E-state index in [2.05, 4.69) is 20.7 Å². The van der Waals surface area contributed by atoms with Gasteiger partial charge in [0.15, 0.2) is 0 Å². The van der Waals surface area contributed by atoms with Crippen LogP contribution in [0, 0.1) is 0 Å². The quantitative estimate of drug-likeness (QED) is 0.365. The van der Waals surface area contributed by atoms with Gasteiger partial charge in [-0.05, 0) is 17.7 Å². The van der Waals surface area contributed by atoms with Gasteiger partial charge in [0, 0.05) is 17.8 Å². The summed E-state index contributed by atoms with van der Waals surface area (Å²) in [4.78, 5) is 25.2. The smallest absolute Gasteiger partial charge is 0.360 e. The molecule has 0 fully saturated rings. The number of hydrogen-bond acceptors (Lipinski definition) is 2. The number of carbonyl (C=O) groups excluding carboxylic acids is 2. The second kappa shape index (κ2) is 5.49. The Balaban J connectivity index is 2.83. The van der Waals surface area contributed by atoms with Gasteiger partial charge < -0.3 is 5.53 Å². The van der Waals surface area contributed by atoms with E-state index in [1.807, 2.05) is 0 Å². The molecule has 0 spiro atoms. The summed E-state index contributed by atoms with van der Waals surface area (Å²) in [5.74, 6) is -1.03. The van der Waals surface area contributed by atoms with E-state index in [9.17, 15) is 9.59 Å². The average Bonchev–Trinajstić information content (AvgIpc) is 2.22. The van der Waals surface area contributed by atoms with E-state index >= 15 is 0 Å². The lowest BCUT2D eigenvalue weighted by atomic mass is 10.0. The van der Waals surface area contributed by atoms with Crippen LogP contribution >= 0.6 is 15.9 Å². The largest absolute Gasteiger partial charge is 0.400 e. The Bertz CT molecular complexity index is 473. The third-order valence-corrected chi connectivity index (χ3v) is 2.50. The number of rotatable bonds is 4. The van der Waals surface area contributed by atoms with Gasteiger partial charge in [-0.25, -0.2) is 0 Å². The maximum Gasteiger partial charge on any atom is 0.400 e. The molecule has 16 heavy (non-hydrogen) atoms. The summed E-state index contributed by atoms with van der Waals surface area (Å²) in [5.41, 5.74) is 8.87. The lowest BCUT2D eigenvalue weighted by molar-refractivity contribution is -0.122. The molecule has 0 saturated heterocycles. The van der Waals surface area contributed by atoms with Crippen molar-refractivity contribution in [2.75, 3.05) is 0 Å². The Morgan fingerprint density at radius 3 is 2.31 bits per heavy atom. The molecule has 0 aliphatic heterocycles. The highest BCUT2D eigenvalue weighted by atomic mass is 79.9. The molecule has 0 aliphatic carbocycles. The molecule has 82 valence electrons. The molecule has 5 heteroatoms. The highest BCUT2D eigenvalue weighted by Crippen LogP contribution is 2.11. The van der Waals surface area contributed by atoms with Crippen LogP contribution in [0.4, 0.5) is 0 Å². The molecular weight excluding hydrogens is 272 g/mol. The maximum absolute atomic E-state index is 11.5. The zero-order chi connectivity index (χ0) is 12.1. The summed E-state index contributed by atoms with van der Waals surface area (Å²) >= 11 is 3.27. The lowest BCUT2D eigenvalue weighted by Gasteiger charge is -1.97. The number of benzene rings is 1. The second-order valence-corrected chi connectivity index (χ2v) is 4.15. The molecule has 0 saturated carbocycles. The van der Waals surface area contributed by atoms with Crippen molar-refractivity contribution in [2.24, 2.45) is 0 Å². The molecule has 0 radical (unpaired) electrons. The highest BCUT2D eigenvalue weighted by molar-refractivity contribution is 9.10. The molecule has 0 aromatic heterocycles. The van der Waals surface area contributed by atoms with Gasteiger partial charge in [-0.1, -0.05) is 28.1 Å². The average molecular weight is 281 g/mol. The molecule has 0 unspecified atom stereocenters. The van der Waals surface area contributed by atoms with Crippen LogP contribution < -0.4 is 0 Å². The van der Waals surface area contributed by atoms with Crippen molar-refractivity contribution < 1.29 is 14.4 Å². The van der Waals surface area contributed by atoms with Crippen LogP contribution in [0.15, 0.2) is 28.7 Å². The van der Waals surface area contributed by atoms with Crippen LogP contribution in [-0.2, 0) is 16.0 Å². The Labute approximate surface area is 101 Å². The van der Waals surface area contributed by atoms with Gasteiger partial charge >= 0.3 is 5.71 Å². The van der Waals surface area contributed by atoms with E-state index in [1.54, 1.807) is 24.3 Å². The minimum absolute atomic E-state index is 0.0479. The molecule has 0 atom stereocenters. The Hall–Kier alpha value is -1.58. The van der Waals surface area contributed by atoms with Gasteiger partial charge in [0.05, 0.1) is 0 Å². The van der Waals surface area contributed by atoms with Crippen LogP contribution in [0.2, 0.25) is 0 Å². The van der Waals surface area contributed by atoms with Crippen molar-refractivity contribution in [1.82, 2.24) is 0 Å². The van der Waals surface area contributed by atoms with Gasteiger partial charge in [-0.15, -0.1) is 0 Å². The van der Waals surface area contributed by atoms with Crippen molar-refractivity contribution >= 4 is 33.2 Å². The second-order valence-electron chi connectivity index (χ2n) is 3.23. The molecule has 0 heterocycles. The Morgan fingerprint density at radius 1 is 1.31 bits per heavy atom. The highest BCUT2D eigenvalue weighted by Gasteiger charge is 2.25. The summed E-state index contributed by atoms with van der Waals surface area (Å²) in [5, 5.41) is 0. The normalized spacial score (nSPS) is 9.38. The SMILES string of the molecule is CC(=O)C(=[N+]=[N-])C(=O)Cc1ccc(Br)cc1.